The SMILES string of the molecule is C=CCN(CC)S(=O)(=O)c1cc(Cl)cc(CN)c1C. The van der Waals surface area contributed by atoms with E-state index in [4.69, 9.17) is 17.3 Å². The molecule has 0 amide bonds. The van der Waals surface area contributed by atoms with Gasteiger partial charge in [-0.05, 0) is 30.2 Å². The summed E-state index contributed by atoms with van der Waals surface area (Å²) in [6.45, 7) is 8.00. The van der Waals surface area contributed by atoms with Gasteiger partial charge in [0.25, 0.3) is 0 Å². The van der Waals surface area contributed by atoms with Crippen molar-refractivity contribution in [1.29, 1.82) is 0 Å². The molecule has 6 heteroatoms. The van der Waals surface area contributed by atoms with Crippen LogP contribution in [0.3, 0.4) is 0 Å². The van der Waals surface area contributed by atoms with Crippen molar-refractivity contribution in [1.82, 2.24) is 4.31 Å². The van der Waals surface area contributed by atoms with Crippen LogP contribution >= 0.6 is 11.6 Å². The van der Waals surface area contributed by atoms with Gasteiger partial charge in [0.2, 0.25) is 10.0 Å². The highest BCUT2D eigenvalue weighted by Gasteiger charge is 2.25. The third-order valence-electron chi connectivity index (χ3n) is 2.96. The first-order valence-electron chi connectivity index (χ1n) is 5.98. The number of hydrogen-bond donors (Lipinski definition) is 1. The molecule has 0 radical (unpaired) electrons. The molecule has 0 saturated carbocycles. The summed E-state index contributed by atoms with van der Waals surface area (Å²) in [4.78, 5) is 0.212. The molecule has 0 atom stereocenters. The van der Waals surface area contributed by atoms with Crippen LogP contribution in [0.5, 0.6) is 0 Å². The molecular weight excluding hydrogens is 284 g/mol. The van der Waals surface area contributed by atoms with Crippen molar-refractivity contribution in [2.24, 2.45) is 5.73 Å². The van der Waals surface area contributed by atoms with Crippen molar-refractivity contribution >= 4 is 21.6 Å². The van der Waals surface area contributed by atoms with Crippen molar-refractivity contribution < 1.29 is 8.42 Å². The molecule has 0 saturated heterocycles. The van der Waals surface area contributed by atoms with Gasteiger partial charge in [-0.2, -0.15) is 4.31 Å². The Bertz CT molecular complexity index is 570. The van der Waals surface area contributed by atoms with Crippen molar-refractivity contribution in [3.63, 3.8) is 0 Å². The molecule has 0 bridgehead atoms. The number of rotatable bonds is 6. The lowest BCUT2D eigenvalue weighted by atomic mass is 10.1. The third kappa shape index (κ3) is 3.36. The summed E-state index contributed by atoms with van der Waals surface area (Å²) in [6, 6.07) is 3.16. The predicted octanol–water partition coefficient (Wildman–Crippen LogP) is 2.30. The van der Waals surface area contributed by atoms with Crippen LogP contribution in [0.2, 0.25) is 5.02 Å². The molecule has 0 unspecified atom stereocenters. The second-order valence-corrected chi connectivity index (χ2v) is 6.48. The highest BCUT2D eigenvalue weighted by molar-refractivity contribution is 7.89. The molecule has 0 aliphatic heterocycles. The number of sulfonamides is 1. The summed E-state index contributed by atoms with van der Waals surface area (Å²) in [5, 5.41) is 0.374. The number of hydrogen-bond acceptors (Lipinski definition) is 3. The van der Waals surface area contributed by atoms with E-state index in [2.05, 4.69) is 6.58 Å². The van der Waals surface area contributed by atoms with E-state index in [0.717, 1.165) is 5.56 Å². The molecule has 2 N–H and O–H groups in total. The Morgan fingerprint density at radius 2 is 2.11 bits per heavy atom. The zero-order valence-corrected chi connectivity index (χ0v) is 12.8. The molecule has 0 heterocycles. The summed E-state index contributed by atoms with van der Waals surface area (Å²) in [6.07, 6.45) is 1.56. The van der Waals surface area contributed by atoms with Gasteiger partial charge >= 0.3 is 0 Å². The maximum Gasteiger partial charge on any atom is 0.243 e. The standard InChI is InChI=1S/C13H19ClN2O2S/c1-4-6-16(5-2)19(17,18)13-8-12(14)7-11(9-15)10(13)3/h4,7-8H,1,5-6,9,15H2,2-3H3. The van der Waals surface area contributed by atoms with Crippen LogP contribution in [0.15, 0.2) is 29.7 Å². The molecule has 1 aromatic carbocycles. The van der Waals surface area contributed by atoms with Crippen LogP contribution in [0.25, 0.3) is 0 Å². The van der Waals surface area contributed by atoms with Crippen LogP contribution in [0.1, 0.15) is 18.1 Å². The van der Waals surface area contributed by atoms with E-state index >= 15 is 0 Å². The summed E-state index contributed by atoms with van der Waals surface area (Å²) >= 11 is 5.97. The molecule has 19 heavy (non-hydrogen) atoms. The van der Waals surface area contributed by atoms with Crippen molar-refractivity contribution in [3.8, 4) is 0 Å². The second-order valence-electron chi connectivity index (χ2n) is 4.14. The first-order valence-corrected chi connectivity index (χ1v) is 7.80. The topological polar surface area (TPSA) is 63.4 Å². The number of nitrogens with two attached hydrogens (primary N) is 1. The van der Waals surface area contributed by atoms with Gasteiger partial charge in [-0.3, -0.25) is 0 Å². The molecule has 1 rings (SSSR count). The molecule has 0 aromatic heterocycles. The summed E-state index contributed by atoms with van der Waals surface area (Å²) in [5.74, 6) is 0. The van der Waals surface area contributed by atoms with Crippen molar-refractivity contribution in [2.75, 3.05) is 13.1 Å². The van der Waals surface area contributed by atoms with Crippen LogP contribution in [-0.4, -0.2) is 25.8 Å². The van der Waals surface area contributed by atoms with E-state index in [-0.39, 0.29) is 18.0 Å². The fourth-order valence-electron chi connectivity index (χ4n) is 1.87. The highest BCUT2D eigenvalue weighted by Crippen LogP contribution is 2.26. The van der Waals surface area contributed by atoms with Gasteiger partial charge in [0, 0.05) is 24.7 Å². The minimum Gasteiger partial charge on any atom is -0.326 e. The second kappa shape index (κ2) is 6.52. The Balaban J connectivity index is 3.43. The third-order valence-corrected chi connectivity index (χ3v) is 5.24. The first kappa shape index (κ1) is 16.2. The fraction of sp³-hybridized carbons (Fsp3) is 0.385. The smallest absolute Gasteiger partial charge is 0.243 e. The fourth-order valence-corrected chi connectivity index (χ4v) is 3.89. The monoisotopic (exact) mass is 302 g/mol. The van der Waals surface area contributed by atoms with E-state index in [1.165, 1.54) is 10.4 Å². The van der Waals surface area contributed by atoms with E-state index in [1.807, 2.05) is 0 Å². The summed E-state index contributed by atoms with van der Waals surface area (Å²) in [5.41, 5.74) is 7.00. The lowest BCUT2D eigenvalue weighted by Crippen LogP contribution is -2.31. The number of benzene rings is 1. The Morgan fingerprint density at radius 3 is 2.58 bits per heavy atom. The Labute approximate surface area is 119 Å². The Hall–Kier alpha value is -0.880. The van der Waals surface area contributed by atoms with Crippen LogP contribution in [0.4, 0.5) is 0 Å². The molecule has 0 fully saturated rings. The quantitative estimate of drug-likeness (QED) is 0.820. The summed E-state index contributed by atoms with van der Waals surface area (Å²) < 4.78 is 26.5. The zero-order chi connectivity index (χ0) is 14.6. The number of likely N-dealkylation sites (N-methyl/N-ethyl adjacent to an activating group) is 1. The van der Waals surface area contributed by atoms with Crippen LogP contribution < -0.4 is 5.73 Å². The Morgan fingerprint density at radius 1 is 1.47 bits per heavy atom. The molecular formula is C13H19ClN2O2S. The lowest BCUT2D eigenvalue weighted by molar-refractivity contribution is 0.459. The minimum absolute atomic E-state index is 0.212. The van der Waals surface area contributed by atoms with Gasteiger partial charge in [-0.1, -0.05) is 24.6 Å². The molecule has 0 aliphatic rings. The normalized spacial score (nSPS) is 11.8. The van der Waals surface area contributed by atoms with Gasteiger partial charge in [-0.25, -0.2) is 8.42 Å². The van der Waals surface area contributed by atoms with Gasteiger partial charge < -0.3 is 5.73 Å². The van der Waals surface area contributed by atoms with Crippen LogP contribution in [-0.2, 0) is 16.6 Å². The first-order chi connectivity index (χ1) is 8.88. The van der Waals surface area contributed by atoms with Gasteiger partial charge in [0.15, 0.2) is 0 Å². The van der Waals surface area contributed by atoms with Gasteiger partial charge in [0.1, 0.15) is 0 Å². The minimum atomic E-state index is -3.58. The largest absolute Gasteiger partial charge is 0.326 e. The van der Waals surface area contributed by atoms with E-state index in [0.29, 0.717) is 17.1 Å². The molecule has 106 valence electrons. The van der Waals surface area contributed by atoms with Gasteiger partial charge in [-0.15, -0.1) is 6.58 Å². The highest BCUT2D eigenvalue weighted by atomic mass is 35.5. The Kier molecular flexibility index (Phi) is 5.55. The van der Waals surface area contributed by atoms with Crippen molar-refractivity contribution in [3.05, 3.63) is 40.9 Å². The van der Waals surface area contributed by atoms with Crippen molar-refractivity contribution in [2.45, 2.75) is 25.3 Å². The average Bonchev–Trinajstić information content (AvgIpc) is 2.37. The van der Waals surface area contributed by atoms with E-state index < -0.39 is 10.0 Å². The van der Waals surface area contributed by atoms with E-state index in [9.17, 15) is 8.42 Å². The average molecular weight is 303 g/mol. The number of halogens is 1. The van der Waals surface area contributed by atoms with E-state index in [1.54, 1.807) is 26.0 Å². The summed E-state index contributed by atoms with van der Waals surface area (Å²) in [7, 11) is -3.58. The molecule has 0 spiro atoms. The number of nitrogens with zero attached hydrogens (tertiary/aromatic N) is 1. The van der Waals surface area contributed by atoms with Gasteiger partial charge in [0.05, 0.1) is 4.90 Å². The molecule has 4 nitrogen and oxygen atoms in total. The maximum absolute atomic E-state index is 12.6. The predicted molar refractivity (Wildman–Crippen MR) is 78.7 cm³/mol. The maximum atomic E-state index is 12.6. The van der Waals surface area contributed by atoms with Crippen LogP contribution in [0, 0.1) is 6.92 Å². The molecule has 0 aliphatic carbocycles. The zero-order valence-electron chi connectivity index (χ0n) is 11.2. The lowest BCUT2D eigenvalue weighted by Gasteiger charge is -2.21. The molecule has 1 aromatic rings.